The first kappa shape index (κ1) is 49.3. The molecule has 0 atom stereocenters. The number of hydrogen-bond donors (Lipinski definition) is 2. The zero-order valence-corrected chi connectivity index (χ0v) is 45.5. The topological polar surface area (TPSA) is 84.3 Å². The van der Waals surface area contributed by atoms with Crippen molar-refractivity contribution in [2.24, 2.45) is 0 Å². The van der Waals surface area contributed by atoms with Crippen LogP contribution in [0.5, 0.6) is 11.5 Å². The van der Waals surface area contributed by atoms with Crippen LogP contribution < -0.4 is 0 Å². The van der Waals surface area contributed by atoms with Crippen LogP contribution >= 0.6 is 0 Å². The van der Waals surface area contributed by atoms with Crippen LogP contribution in [0, 0.1) is 0 Å². The number of aromatic nitrogens is 3. The van der Waals surface area contributed by atoms with Gasteiger partial charge in [0.1, 0.15) is 22.7 Å². The maximum absolute atomic E-state index is 11.8. The van der Waals surface area contributed by atoms with Crippen LogP contribution in [0.1, 0.15) is 103 Å². The molecular weight excluding hydrogens is 1080 g/mol. The molecule has 73 heavy (non-hydrogen) atoms. The minimum atomic E-state index is -0.105. The molecule has 368 valence electrons. The van der Waals surface area contributed by atoms with Crippen molar-refractivity contribution in [1.29, 1.82) is 0 Å². The van der Waals surface area contributed by atoms with Crippen molar-refractivity contribution in [3.63, 3.8) is 0 Å². The fourth-order valence-electron chi connectivity index (χ4n) is 10.5. The van der Waals surface area contributed by atoms with Gasteiger partial charge >= 0.3 is 0 Å². The average Bonchev–Trinajstić information content (AvgIpc) is 3.90. The van der Waals surface area contributed by atoms with Gasteiger partial charge in [0.25, 0.3) is 0 Å². The molecule has 0 radical (unpaired) electrons. The van der Waals surface area contributed by atoms with Crippen molar-refractivity contribution in [2.45, 2.75) is 91.9 Å². The van der Waals surface area contributed by atoms with Gasteiger partial charge in [0, 0.05) is 59.4 Å². The van der Waals surface area contributed by atoms with E-state index in [0.29, 0.717) is 39.5 Å². The Hall–Kier alpha value is -7.27. The number of benzene rings is 7. The molecule has 7 aromatic carbocycles. The van der Waals surface area contributed by atoms with Crippen LogP contribution in [-0.4, -0.2) is 24.7 Å². The van der Waals surface area contributed by atoms with E-state index in [4.69, 9.17) is 14.4 Å². The van der Waals surface area contributed by atoms with Crippen molar-refractivity contribution in [3.05, 3.63) is 186 Å². The summed E-state index contributed by atoms with van der Waals surface area (Å²) in [4.78, 5) is 10.6. The Morgan fingerprint density at radius 1 is 0.438 bits per heavy atom. The molecule has 0 aliphatic rings. The summed E-state index contributed by atoms with van der Waals surface area (Å²) in [5.41, 5.74) is 17.5. The molecule has 0 saturated carbocycles. The second-order valence-electron chi connectivity index (χ2n) is 22.2. The number of rotatable bonds is 8. The molecule has 11 aromatic rings. The molecule has 4 aromatic heterocycles. The Morgan fingerprint density at radius 2 is 0.973 bits per heavy atom. The molecule has 11 rings (SSSR count). The quantitative estimate of drug-likeness (QED) is 0.158. The maximum atomic E-state index is 11.8. The number of furan rings is 1. The summed E-state index contributed by atoms with van der Waals surface area (Å²) < 4.78 is 8.75. The van der Waals surface area contributed by atoms with Crippen molar-refractivity contribution in [3.8, 4) is 73.3 Å². The Balaban J connectivity index is 0.00000611. The second kappa shape index (κ2) is 18.6. The van der Waals surface area contributed by atoms with Crippen molar-refractivity contribution >= 4 is 43.7 Å². The third-order valence-corrected chi connectivity index (χ3v) is 14.4. The predicted molar refractivity (Wildman–Crippen MR) is 300 cm³/mol. The minimum Gasteiger partial charge on any atom is -0.507 e. The fraction of sp³-hybridized carbons (Fsp3) is 0.212. The molecule has 6 nitrogen and oxygen atoms in total. The van der Waals surface area contributed by atoms with Gasteiger partial charge in [-0.25, -0.2) is 9.97 Å². The van der Waals surface area contributed by atoms with Gasteiger partial charge in [-0.15, -0.1) is 0 Å². The molecule has 0 aliphatic heterocycles. The van der Waals surface area contributed by atoms with Gasteiger partial charge in [-0.2, -0.15) is 0 Å². The van der Waals surface area contributed by atoms with E-state index < -0.39 is 0 Å². The third-order valence-electron chi connectivity index (χ3n) is 14.4. The zero-order valence-electron chi connectivity index (χ0n) is 43.2. The van der Waals surface area contributed by atoms with Gasteiger partial charge in [-0.1, -0.05) is 154 Å². The molecule has 0 spiro atoms. The SMILES string of the molecule is CC(C)c1cc(-n2c3ccccc3c3ccccc32)cc(C(C)C)c1-c1ccc(O)c(-c2cccc(-c3cc(-c4cc(C(C)(C)C)cc(C(C)(C)C)c4)cc(-c4cc5oc6ccccc6c5cc4O)n3)n2)c1.[Pt]. The van der Waals surface area contributed by atoms with Gasteiger partial charge in [0.05, 0.1) is 33.8 Å². The average molecular weight is 1140 g/mol. The summed E-state index contributed by atoms with van der Waals surface area (Å²) in [6, 6.07) is 56.5. The molecule has 0 amide bonds. The molecule has 4 heterocycles. The van der Waals surface area contributed by atoms with Crippen molar-refractivity contribution < 1.29 is 35.7 Å². The summed E-state index contributed by atoms with van der Waals surface area (Å²) in [5, 5.41) is 27.9. The smallest absolute Gasteiger partial charge is 0.136 e. The summed E-state index contributed by atoms with van der Waals surface area (Å²) in [7, 11) is 0. The number of fused-ring (bicyclic) bond motifs is 6. The Labute approximate surface area is 442 Å². The summed E-state index contributed by atoms with van der Waals surface area (Å²) in [5.74, 6) is 0.652. The number of pyridine rings is 2. The number of nitrogens with zero attached hydrogens (tertiary/aromatic N) is 3. The zero-order chi connectivity index (χ0) is 50.4. The monoisotopic (exact) mass is 1140 g/mol. The van der Waals surface area contributed by atoms with Gasteiger partial charge in [0.2, 0.25) is 0 Å². The predicted octanol–water partition coefficient (Wildman–Crippen LogP) is 18.1. The van der Waals surface area contributed by atoms with Crippen LogP contribution in [0.15, 0.2) is 168 Å². The van der Waals surface area contributed by atoms with E-state index in [-0.39, 0.29) is 55.2 Å². The molecule has 0 unspecified atom stereocenters. The van der Waals surface area contributed by atoms with E-state index >= 15 is 0 Å². The number of para-hydroxylation sites is 3. The van der Waals surface area contributed by atoms with E-state index in [9.17, 15) is 10.2 Å². The molecule has 0 fully saturated rings. The van der Waals surface area contributed by atoms with Crippen LogP contribution in [0.4, 0.5) is 0 Å². The minimum absolute atomic E-state index is 0. The number of aromatic hydroxyl groups is 2. The van der Waals surface area contributed by atoms with Crippen LogP contribution in [0.25, 0.3) is 106 Å². The normalized spacial score (nSPS) is 12.2. The number of phenolic OH excluding ortho intramolecular Hbond substituents is 2. The Kier molecular flexibility index (Phi) is 12.6. The molecular formula is C66H61N3O3Pt. The molecule has 0 bridgehead atoms. The Morgan fingerprint density at radius 3 is 1.59 bits per heavy atom. The summed E-state index contributed by atoms with van der Waals surface area (Å²) >= 11 is 0. The Bertz CT molecular complexity index is 3820. The van der Waals surface area contributed by atoms with Crippen LogP contribution in [-0.2, 0) is 31.9 Å². The summed E-state index contributed by atoms with van der Waals surface area (Å²) in [6.45, 7) is 22.5. The molecule has 0 aliphatic carbocycles. The summed E-state index contributed by atoms with van der Waals surface area (Å²) in [6.07, 6.45) is 0. The van der Waals surface area contributed by atoms with E-state index in [1.807, 2.05) is 54.6 Å². The first-order valence-electron chi connectivity index (χ1n) is 25.2. The molecule has 0 saturated heterocycles. The number of phenols is 2. The first-order chi connectivity index (χ1) is 34.4. The molecule has 7 heteroatoms. The number of hydrogen-bond acceptors (Lipinski definition) is 5. The second-order valence-corrected chi connectivity index (χ2v) is 22.2. The van der Waals surface area contributed by atoms with Gasteiger partial charge in [-0.3, -0.25) is 0 Å². The largest absolute Gasteiger partial charge is 0.507 e. The van der Waals surface area contributed by atoms with Gasteiger partial charge in [0.15, 0.2) is 0 Å². The van der Waals surface area contributed by atoms with Crippen molar-refractivity contribution in [1.82, 2.24) is 14.5 Å². The van der Waals surface area contributed by atoms with Crippen LogP contribution in [0.2, 0.25) is 0 Å². The van der Waals surface area contributed by atoms with E-state index in [2.05, 4.69) is 171 Å². The fourth-order valence-corrected chi connectivity index (χ4v) is 10.5. The van der Waals surface area contributed by atoms with E-state index in [0.717, 1.165) is 38.7 Å². The molecule has 2 N–H and O–H groups in total. The van der Waals surface area contributed by atoms with Crippen LogP contribution in [0.3, 0.4) is 0 Å². The van der Waals surface area contributed by atoms with Gasteiger partial charge in [-0.05, 0) is 146 Å². The van der Waals surface area contributed by atoms with E-state index in [1.165, 1.54) is 49.6 Å². The third kappa shape index (κ3) is 8.95. The first-order valence-corrected chi connectivity index (χ1v) is 25.2. The van der Waals surface area contributed by atoms with Gasteiger partial charge < -0.3 is 19.2 Å². The van der Waals surface area contributed by atoms with Crippen molar-refractivity contribution in [2.75, 3.05) is 0 Å². The maximum Gasteiger partial charge on any atom is 0.136 e. The standard InChI is InChI=1S/C66H61N3O3.Pt/c1-38(2)49-34-45(69-58-23-14-11-18-46(58)47-19-12-15-24-59(47)69)35-50(39(3)4)64(49)40-26-27-60(70)52(30-40)54-21-17-22-55(67-54)57-32-42(41-28-43(65(5,6)7)33-44(29-41)66(8,9)10)31-56(68-57)53-37-63-51(36-61(53)71)48-20-13-16-25-62(48)72-63;/h11-39,70-71H,1-10H3;. The van der Waals surface area contributed by atoms with E-state index in [1.54, 1.807) is 12.1 Å².